The molecule has 0 saturated heterocycles. The van der Waals surface area contributed by atoms with Gasteiger partial charge in [0, 0.05) is 9.58 Å². The quantitative estimate of drug-likeness (QED) is 0.558. The van der Waals surface area contributed by atoms with Crippen LogP contribution >= 0.6 is 22.7 Å². The number of hydrazine groups is 1. The molecule has 0 aliphatic rings. The third-order valence-corrected chi connectivity index (χ3v) is 4.73. The van der Waals surface area contributed by atoms with Gasteiger partial charge in [-0.05, 0) is 33.8 Å². The minimum absolute atomic E-state index is 0.0809. The maximum atomic E-state index is 5.72. The molecule has 0 aliphatic carbocycles. The second kappa shape index (κ2) is 4.58. The van der Waals surface area contributed by atoms with Crippen LogP contribution < -0.4 is 11.3 Å². The lowest BCUT2D eigenvalue weighted by Gasteiger charge is -2.15. The number of nitrogens with one attached hydrogen (secondary N) is 1. The zero-order valence-corrected chi connectivity index (χ0v) is 10.7. The van der Waals surface area contributed by atoms with Gasteiger partial charge in [0.15, 0.2) is 0 Å². The highest BCUT2D eigenvalue weighted by atomic mass is 32.1. The standard InChI is InChI=1S/C13H12N2S2/c14-15-12(11-5-2-7-16-11)10-4-1-3-9-6-8-17-13(9)10/h1-8,12,15H,14H2. The molecule has 17 heavy (non-hydrogen) atoms. The van der Waals surface area contributed by atoms with Crippen LogP contribution in [0.4, 0.5) is 0 Å². The summed E-state index contributed by atoms with van der Waals surface area (Å²) in [6.07, 6.45) is 0. The van der Waals surface area contributed by atoms with Gasteiger partial charge in [0.05, 0.1) is 6.04 Å². The van der Waals surface area contributed by atoms with Crippen LogP contribution in [0.3, 0.4) is 0 Å². The van der Waals surface area contributed by atoms with Gasteiger partial charge in [-0.15, -0.1) is 22.7 Å². The lowest BCUT2D eigenvalue weighted by atomic mass is 10.0. The van der Waals surface area contributed by atoms with Crippen LogP contribution in [0.25, 0.3) is 10.1 Å². The van der Waals surface area contributed by atoms with Crippen LogP contribution in [-0.4, -0.2) is 0 Å². The van der Waals surface area contributed by atoms with E-state index < -0.39 is 0 Å². The van der Waals surface area contributed by atoms with Crippen molar-refractivity contribution in [3.8, 4) is 0 Å². The van der Waals surface area contributed by atoms with E-state index in [1.165, 1.54) is 20.5 Å². The zero-order chi connectivity index (χ0) is 11.7. The Morgan fingerprint density at radius 1 is 1.00 bits per heavy atom. The van der Waals surface area contributed by atoms with Crippen molar-refractivity contribution in [2.75, 3.05) is 0 Å². The molecule has 0 radical (unpaired) electrons. The van der Waals surface area contributed by atoms with Crippen LogP contribution in [0, 0.1) is 0 Å². The van der Waals surface area contributed by atoms with Crippen molar-refractivity contribution in [2.24, 2.45) is 5.84 Å². The van der Waals surface area contributed by atoms with Gasteiger partial charge >= 0.3 is 0 Å². The van der Waals surface area contributed by atoms with Crippen molar-refractivity contribution >= 4 is 32.8 Å². The number of thiophene rings is 2. The Morgan fingerprint density at radius 2 is 1.94 bits per heavy atom. The average molecular weight is 260 g/mol. The van der Waals surface area contributed by atoms with Crippen LogP contribution in [0.2, 0.25) is 0 Å². The minimum Gasteiger partial charge on any atom is -0.271 e. The lowest BCUT2D eigenvalue weighted by Crippen LogP contribution is -2.28. The van der Waals surface area contributed by atoms with Crippen molar-refractivity contribution in [1.82, 2.24) is 5.43 Å². The average Bonchev–Trinajstić information content (AvgIpc) is 3.00. The summed E-state index contributed by atoms with van der Waals surface area (Å²) in [7, 11) is 0. The van der Waals surface area contributed by atoms with Crippen LogP contribution in [0.15, 0.2) is 47.2 Å². The molecular formula is C13H12N2S2. The summed E-state index contributed by atoms with van der Waals surface area (Å²) in [4.78, 5) is 1.24. The van der Waals surface area contributed by atoms with E-state index in [9.17, 15) is 0 Å². The number of rotatable bonds is 3. The van der Waals surface area contributed by atoms with Gasteiger partial charge in [-0.3, -0.25) is 5.84 Å². The topological polar surface area (TPSA) is 38.0 Å². The highest BCUT2D eigenvalue weighted by Crippen LogP contribution is 2.33. The first kappa shape index (κ1) is 10.9. The molecule has 0 aliphatic heterocycles. The molecule has 3 aromatic rings. The number of nitrogens with two attached hydrogens (primary N) is 1. The van der Waals surface area contributed by atoms with Gasteiger partial charge in [-0.25, -0.2) is 5.43 Å². The summed E-state index contributed by atoms with van der Waals surface area (Å²) in [5, 5.41) is 5.48. The number of hydrogen-bond acceptors (Lipinski definition) is 4. The van der Waals surface area contributed by atoms with Gasteiger partial charge in [0.25, 0.3) is 0 Å². The molecule has 2 heterocycles. The Labute approximate surface area is 108 Å². The molecule has 0 bridgehead atoms. The molecular weight excluding hydrogens is 248 g/mol. The molecule has 1 aromatic carbocycles. The first-order valence-corrected chi connectivity index (χ1v) is 7.12. The molecule has 86 valence electrons. The summed E-state index contributed by atoms with van der Waals surface area (Å²) in [6.45, 7) is 0. The Balaban J connectivity index is 2.16. The van der Waals surface area contributed by atoms with E-state index in [1.807, 2.05) is 0 Å². The molecule has 3 N–H and O–H groups in total. The second-order valence-corrected chi connectivity index (χ2v) is 5.70. The fraction of sp³-hybridized carbons (Fsp3) is 0.0769. The van der Waals surface area contributed by atoms with Gasteiger partial charge in [-0.2, -0.15) is 0 Å². The summed E-state index contributed by atoms with van der Waals surface area (Å²) >= 11 is 3.49. The molecule has 2 aromatic heterocycles. The van der Waals surface area contributed by atoms with Crippen molar-refractivity contribution in [3.05, 3.63) is 57.6 Å². The van der Waals surface area contributed by atoms with Crippen LogP contribution in [0.1, 0.15) is 16.5 Å². The molecule has 0 amide bonds. The largest absolute Gasteiger partial charge is 0.271 e. The second-order valence-electron chi connectivity index (χ2n) is 3.80. The molecule has 3 rings (SSSR count). The van der Waals surface area contributed by atoms with E-state index in [0.29, 0.717) is 0 Å². The van der Waals surface area contributed by atoms with Crippen LogP contribution in [0.5, 0.6) is 0 Å². The highest BCUT2D eigenvalue weighted by molar-refractivity contribution is 7.17. The molecule has 0 saturated carbocycles. The number of fused-ring (bicyclic) bond motifs is 1. The summed E-state index contributed by atoms with van der Waals surface area (Å²) < 4.78 is 1.31. The maximum absolute atomic E-state index is 5.72. The Morgan fingerprint density at radius 3 is 2.71 bits per heavy atom. The SMILES string of the molecule is NNC(c1cccs1)c1cccc2ccsc12. The fourth-order valence-corrected chi connectivity index (χ4v) is 3.77. The Bertz CT molecular complexity index is 613. The minimum atomic E-state index is 0.0809. The summed E-state index contributed by atoms with van der Waals surface area (Å²) in [6, 6.07) is 12.8. The summed E-state index contributed by atoms with van der Waals surface area (Å²) in [5.41, 5.74) is 4.17. The molecule has 4 heteroatoms. The van der Waals surface area contributed by atoms with E-state index in [4.69, 9.17) is 5.84 Å². The Kier molecular flexibility index (Phi) is 2.94. The normalized spacial score (nSPS) is 13.0. The number of benzene rings is 1. The summed E-state index contributed by atoms with van der Waals surface area (Å²) in [5.74, 6) is 5.72. The number of hydrogen-bond donors (Lipinski definition) is 2. The molecule has 0 spiro atoms. The van der Waals surface area contributed by atoms with E-state index in [-0.39, 0.29) is 6.04 Å². The first-order valence-electron chi connectivity index (χ1n) is 5.36. The highest BCUT2D eigenvalue weighted by Gasteiger charge is 2.16. The monoisotopic (exact) mass is 260 g/mol. The third kappa shape index (κ3) is 1.89. The van der Waals surface area contributed by atoms with Crippen molar-refractivity contribution in [1.29, 1.82) is 0 Å². The third-order valence-electron chi connectivity index (χ3n) is 2.81. The zero-order valence-electron chi connectivity index (χ0n) is 9.09. The van der Waals surface area contributed by atoms with Crippen molar-refractivity contribution in [2.45, 2.75) is 6.04 Å². The van der Waals surface area contributed by atoms with Gasteiger partial charge in [0.1, 0.15) is 0 Å². The van der Waals surface area contributed by atoms with Gasteiger partial charge in [-0.1, -0.05) is 24.3 Å². The van der Waals surface area contributed by atoms with E-state index in [2.05, 4.69) is 52.6 Å². The van der Waals surface area contributed by atoms with Crippen molar-refractivity contribution in [3.63, 3.8) is 0 Å². The van der Waals surface area contributed by atoms with E-state index in [0.717, 1.165) is 0 Å². The predicted octanol–water partition coefficient (Wildman–Crippen LogP) is 3.52. The molecule has 2 nitrogen and oxygen atoms in total. The van der Waals surface area contributed by atoms with Crippen LogP contribution in [-0.2, 0) is 0 Å². The molecule has 1 atom stereocenters. The van der Waals surface area contributed by atoms with Gasteiger partial charge in [0.2, 0.25) is 0 Å². The fourth-order valence-electron chi connectivity index (χ4n) is 2.02. The molecule has 1 unspecified atom stereocenters. The lowest BCUT2D eigenvalue weighted by molar-refractivity contribution is 0.651. The van der Waals surface area contributed by atoms with E-state index >= 15 is 0 Å². The van der Waals surface area contributed by atoms with Crippen molar-refractivity contribution < 1.29 is 0 Å². The van der Waals surface area contributed by atoms with E-state index in [1.54, 1.807) is 22.7 Å². The predicted molar refractivity (Wildman–Crippen MR) is 75.3 cm³/mol. The van der Waals surface area contributed by atoms with Gasteiger partial charge < -0.3 is 0 Å². The maximum Gasteiger partial charge on any atom is 0.0816 e. The smallest absolute Gasteiger partial charge is 0.0816 e. The first-order chi connectivity index (χ1) is 8.40. The molecule has 0 fully saturated rings. The Hall–Kier alpha value is -1.20.